The third kappa shape index (κ3) is 4.33. The molecule has 0 aliphatic carbocycles. The minimum Gasteiger partial charge on any atom is -0.329 e. The van der Waals surface area contributed by atoms with Crippen LogP contribution in [-0.4, -0.2) is 10.8 Å². The summed E-state index contributed by atoms with van der Waals surface area (Å²) in [4.78, 5) is 0. The van der Waals surface area contributed by atoms with Crippen molar-refractivity contribution in [2.75, 3.05) is 5.32 Å². The summed E-state index contributed by atoms with van der Waals surface area (Å²) < 4.78 is 26.4. The van der Waals surface area contributed by atoms with Crippen LogP contribution in [0, 0.1) is 11.6 Å². The molecule has 0 aliphatic heterocycles. The standard InChI is InChI=1S/C16H15F2N3S/c1-2-14(11-7-9-12(17)10-8-11)20-21-16(22)19-15-6-4-3-5-13(15)18/h3-10H,2H2,1H3,(H2,19,21,22)/b20-14+. The summed E-state index contributed by atoms with van der Waals surface area (Å²) >= 11 is 5.08. The minimum absolute atomic E-state index is 0.179. The summed E-state index contributed by atoms with van der Waals surface area (Å²) in [5.41, 5.74) is 4.46. The lowest BCUT2D eigenvalue weighted by Crippen LogP contribution is -2.25. The van der Waals surface area contributed by atoms with Gasteiger partial charge in [0.2, 0.25) is 0 Å². The SMILES string of the molecule is CC/C(=N\NC(=S)Nc1ccccc1F)c1ccc(F)cc1. The van der Waals surface area contributed by atoms with Gasteiger partial charge in [0.25, 0.3) is 0 Å². The van der Waals surface area contributed by atoms with Gasteiger partial charge < -0.3 is 5.32 Å². The molecule has 2 N–H and O–H groups in total. The summed E-state index contributed by atoms with van der Waals surface area (Å²) in [6, 6.07) is 12.2. The van der Waals surface area contributed by atoms with Gasteiger partial charge in [0.05, 0.1) is 11.4 Å². The van der Waals surface area contributed by atoms with Gasteiger partial charge in [-0.3, -0.25) is 5.43 Å². The van der Waals surface area contributed by atoms with E-state index in [4.69, 9.17) is 12.2 Å². The number of halogens is 2. The van der Waals surface area contributed by atoms with E-state index < -0.39 is 5.82 Å². The van der Waals surface area contributed by atoms with Gasteiger partial charge in [-0.05, 0) is 48.5 Å². The van der Waals surface area contributed by atoms with E-state index in [9.17, 15) is 8.78 Å². The zero-order valence-corrected chi connectivity index (χ0v) is 12.8. The third-order valence-corrected chi connectivity index (χ3v) is 3.12. The molecule has 0 aliphatic rings. The van der Waals surface area contributed by atoms with Crippen molar-refractivity contribution in [3.8, 4) is 0 Å². The van der Waals surface area contributed by atoms with Crippen LogP contribution in [-0.2, 0) is 0 Å². The molecule has 0 amide bonds. The Morgan fingerprint density at radius 2 is 1.77 bits per heavy atom. The van der Waals surface area contributed by atoms with Crippen LogP contribution in [0.4, 0.5) is 14.5 Å². The van der Waals surface area contributed by atoms with Crippen LogP contribution in [0.1, 0.15) is 18.9 Å². The number of para-hydroxylation sites is 1. The second kappa shape index (κ2) is 7.61. The van der Waals surface area contributed by atoms with Gasteiger partial charge in [-0.1, -0.05) is 31.2 Å². The fourth-order valence-corrected chi connectivity index (χ4v) is 1.98. The Kier molecular flexibility index (Phi) is 5.55. The Morgan fingerprint density at radius 1 is 1.09 bits per heavy atom. The van der Waals surface area contributed by atoms with Gasteiger partial charge >= 0.3 is 0 Å². The van der Waals surface area contributed by atoms with Crippen molar-refractivity contribution in [2.45, 2.75) is 13.3 Å². The molecule has 0 atom stereocenters. The molecule has 0 saturated carbocycles. The number of hydrazone groups is 1. The topological polar surface area (TPSA) is 36.4 Å². The van der Waals surface area contributed by atoms with E-state index in [1.54, 1.807) is 30.3 Å². The van der Waals surface area contributed by atoms with Gasteiger partial charge in [-0.15, -0.1) is 0 Å². The number of nitrogens with zero attached hydrogens (tertiary/aromatic N) is 1. The molecule has 114 valence electrons. The molecule has 0 unspecified atom stereocenters. The van der Waals surface area contributed by atoms with Crippen molar-refractivity contribution >= 4 is 28.7 Å². The summed E-state index contributed by atoms with van der Waals surface area (Å²) in [6.45, 7) is 1.93. The molecule has 3 nitrogen and oxygen atoms in total. The number of anilines is 1. The molecule has 0 fully saturated rings. The predicted molar refractivity (Wildman–Crippen MR) is 89.0 cm³/mol. The normalized spacial score (nSPS) is 11.1. The first-order chi connectivity index (χ1) is 10.6. The Hall–Kier alpha value is -2.34. The maximum Gasteiger partial charge on any atom is 0.191 e. The van der Waals surface area contributed by atoms with Crippen molar-refractivity contribution in [1.29, 1.82) is 0 Å². The van der Waals surface area contributed by atoms with Gasteiger partial charge in [0.15, 0.2) is 5.11 Å². The lowest BCUT2D eigenvalue weighted by Gasteiger charge is -2.09. The molecule has 0 spiro atoms. The van der Waals surface area contributed by atoms with Crippen LogP contribution in [0.25, 0.3) is 0 Å². The first kappa shape index (κ1) is 16.0. The van der Waals surface area contributed by atoms with Gasteiger partial charge in [0, 0.05) is 0 Å². The Morgan fingerprint density at radius 3 is 2.41 bits per heavy atom. The van der Waals surface area contributed by atoms with E-state index in [0.717, 1.165) is 11.3 Å². The molecule has 6 heteroatoms. The van der Waals surface area contributed by atoms with Crippen molar-refractivity contribution in [2.24, 2.45) is 5.10 Å². The van der Waals surface area contributed by atoms with Crippen LogP contribution < -0.4 is 10.7 Å². The van der Waals surface area contributed by atoms with Crippen LogP contribution in [0.5, 0.6) is 0 Å². The average Bonchev–Trinajstić information content (AvgIpc) is 2.52. The van der Waals surface area contributed by atoms with Crippen LogP contribution >= 0.6 is 12.2 Å². The molecule has 0 radical (unpaired) electrons. The van der Waals surface area contributed by atoms with Gasteiger partial charge in [-0.2, -0.15) is 5.10 Å². The highest BCUT2D eigenvalue weighted by Crippen LogP contribution is 2.12. The van der Waals surface area contributed by atoms with E-state index >= 15 is 0 Å². The first-order valence-corrected chi connectivity index (χ1v) is 7.15. The number of hydrogen-bond donors (Lipinski definition) is 2. The molecule has 2 aromatic rings. The highest BCUT2D eigenvalue weighted by molar-refractivity contribution is 7.80. The number of rotatable bonds is 4. The van der Waals surface area contributed by atoms with Crippen LogP contribution in [0.15, 0.2) is 53.6 Å². The number of nitrogens with one attached hydrogen (secondary N) is 2. The van der Waals surface area contributed by atoms with Crippen molar-refractivity contribution < 1.29 is 8.78 Å². The molecule has 0 heterocycles. The molecule has 2 rings (SSSR count). The van der Waals surface area contributed by atoms with Crippen molar-refractivity contribution in [3.63, 3.8) is 0 Å². The van der Waals surface area contributed by atoms with E-state index in [-0.39, 0.29) is 16.6 Å². The highest BCUT2D eigenvalue weighted by Gasteiger charge is 2.04. The van der Waals surface area contributed by atoms with E-state index in [2.05, 4.69) is 15.8 Å². The number of thiocarbonyl (C=S) groups is 1. The van der Waals surface area contributed by atoms with Gasteiger partial charge in [-0.25, -0.2) is 8.78 Å². The number of benzene rings is 2. The lowest BCUT2D eigenvalue weighted by molar-refractivity contribution is 0.627. The highest BCUT2D eigenvalue weighted by atomic mass is 32.1. The maximum absolute atomic E-state index is 13.5. The Bertz CT molecular complexity index is 684. The van der Waals surface area contributed by atoms with E-state index in [1.165, 1.54) is 18.2 Å². The summed E-state index contributed by atoms with van der Waals surface area (Å²) in [7, 11) is 0. The molecule has 0 bridgehead atoms. The molecular weight excluding hydrogens is 304 g/mol. The van der Waals surface area contributed by atoms with Crippen molar-refractivity contribution in [3.05, 3.63) is 65.7 Å². The van der Waals surface area contributed by atoms with Crippen LogP contribution in [0.2, 0.25) is 0 Å². The second-order valence-corrected chi connectivity index (χ2v) is 4.87. The smallest absolute Gasteiger partial charge is 0.191 e. The predicted octanol–water partition coefficient (Wildman–Crippen LogP) is 4.07. The van der Waals surface area contributed by atoms with E-state index in [0.29, 0.717) is 6.42 Å². The molecule has 2 aromatic carbocycles. The van der Waals surface area contributed by atoms with Gasteiger partial charge in [0.1, 0.15) is 11.6 Å². The van der Waals surface area contributed by atoms with Crippen LogP contribution in [0.3, 0.4) is 0 Å². The Labute approximate surface area is 133 Å². The summed E-state index contributed by atoms with van der Waals surface area (Å²) in [6.07, 6.45) is 0.640. The zero-order chi connectivity index (χ0) is 15.9. The maximum atomic E-state index is 13.5. The molecular formula is C16H15F2N3S. The summed E-state index contributed by atoms with van der Waals surface area (Å²) in [5, 5.41) is 7.09. The molecule has 0 aromatic heterocycles. The molecule has 22 heavy (non-hydrogen) atoms. The zero-order valence-electron chi connectivity index (χ0n) is 11.9. The van der Waals surface area contributed by atoms with E-state index in [1.807, 2.05) is 6.92 Å². The monoisotopic (exact) mass is 319 g/mol. The number of hydrogen-bond acceptors (Lipinski definition) is 2. The molecule has 0 saturated heterocycles. The van der Waals surface area contributed by atoms with Crippen molar-refractivity contribution in [1.82, 2.24) is 5.43 Å². The largest absolute Gasteiger partial charge is 0.329 e. The average molecular weight is 319 g/mol. The quantitative estimate of drug-likeness (QED) is 0.507. The second-order valence-electron chi connectivity index (χ2n) is 4.46. The first-order valence-electron chi connectivity index (χ1n) is 6.74. The lowest BCUT2D eigenvalue weighted by atomic mass is 10.1. The fourth-order valence-electron chi connectivity index (χ4n) is 1.82. The summed E-state index contributed by atoms with van der Waals surface area (Å²) in [5.74, 6) is -0.700. The Balaban J connectivity index is 2.04. The minimum atomic E-state index is -0.398. The fraction of sp³-hybridized carbons (Fsp3) is 0.125. The third-order valence-electron chi connectivity index (χ3n) is 2.93.